The smallest absolute Gasteiger partial charge is 0.462 e. The van der Waals surface area contributed by atoms with Gasteiger partial charge in [0.05, 0.1) is 26.4 Å². The SMILES string of the molecule is CCCCCCCCCCCCCCCCCC(=O)O[C@H](COC(=O)CCCCCCCCCCC)COP(=O)(O)OC[C@H](O)COP(=O)(O)OC[C@@H](COC(=O)CCCCCCCCCCCCCCCCCC(C)C)OC(=O)CCCCCCCCCCCCCCCCCCCCC(C)CC. The molecule has 3 unspecified atom stereocenters. The lowest BCUT2D eigenvalue weighted by atomic mass is 9.99. The van der Waals surface area contributed by atoms with Crippen LogP contribution in [-0.4, -0.2) is 96.7 Å². The molecule has 3 N–H and O–H groups in total. The number of hydrogen-bond acceptors (Lipinski definition) is 15. The van der Waals surface area contributed by atoms with Crippen LogP contribution in [0.3, 0.4) is 0 Å². The normalized spacial score (nSPS) is 14.1. The topological polar surface area (TPSA) is 237 Å². The van der Waals surface area contributed by atoms with Crippen molar-refractivity contribution in [2.75, 3.05) is 39.6 Å². The van der Waals surface area contributed by atoms with Crippen LogP contribution in [0.1, 0.15) is 452 Å². The van der Waals surface area contributed by atoms with Crippen molar-refractivity contribution in [2.45, 2.75) is 471 Å². The van der Waals surface area contributed by atoms with Crippen LogP contribution in [0.15, 0.2) is 0 Å². The summed E-state index contributed by atoms with van der Waals surface area (Å²) in [6.45, 7) is 9.75. The van der Waals surface area contributed by atoms with E-state index < -0.39 is 97.5 Å². The molecule has 0 saturated carbocycles. The van der Waals surface area contributed by atoms with Gasteiger partial charge in [0, 0.05) is 25.7 Å². The maximum absolute atomic E-state index is 13.1. The van der Waals surface area contributed by atoms with Gasteiger partial charge >= 0.3 is 39.5 Å². The lowest BCUT2D eigenvalue weighted by Gasteiger charge is -2.21. The number of carbonyl (C=O) groups is 4. The Kier molecular flexibility index (Phi) is 75.0. The van der Waals surface area contributed by atoms with Gasteiger partial charge in [-0.15, -0.1) is 0 Å². The van der Waals surface area contributed by atoms with E-state index in [1.165, 1.54) is 270 Å². The maximum Gasteiger partial charge on any atom is 0.472 e. The highest BCUT2D eigenvalue weighted by Crippen LogP contribution is 2.45. The van der Waals surface area contributed by atoms with Crippen molar-refractivity contribution in [1.29, 1.82) is 0 Å². The summed E-state index contributed by atoms with van der Waals surface area (Å²) in [4.78, 5) is 73.1. The largest absolute Gasteiger partial charge is 0.472 e. The Morgan fingerprint density at radius 2 is 0.490 bits per heavy atom. The predicted molar refractivity (Wildman–Crippen MR) is 428 cm³/mol. The van der Waals surface area contributed by atoms with Gasteiger partial charge in [-0.25, -0.2) is 9.13 Å². The number of unbranched alkanes of at least 4 members (excludes halogenated alkanes) is 53. The van der Waals surface area contributed by atoms with Gasteiger partial charge in [-0.1, -0.05) is 401 Å². The molecular weight excluding hydrogens is 1350 g/mol. The highest BCUT2D eigenvalue weighted by molar-refractivity contribution is 7.47. The Morgan fingerprint density at radius 1 is 0.279 bits per heavy atom. The van der Waals surface area contributed by atoms with Crippen molar-refractivity contribution in [2.24, 2.45) is 11.8 Å². The lowest BCUT2D eigenvalue weighted by molar-refractivity contribution is -0.161. The number of phosphoric acid groups is 2. The van der Waals surface area contributed by atoms with Crippen LogP contribution in [0.4, 0.5) is 0 Å². The standard InChI is InChI=1S/C85H166O17P2/c1-7-10-12-14-16-18-19-20-26-34-39-45-51-57-63-69-84(89)101-80(73-95-82(87)67-61-55-49-41-17-15-13-11-8-2)75-99-103(91,92)97-71-79(86)72-98-104(93,94)100-76-81(74-96-83(88)68-62-56-50-44-38-33-30-25-27-31-36-42-47-53-59-65-77(4)5)102-85(90)70-64-58-52-46-40-35-29-24-22-21-23-28-32-37-43-48-54-60-66-78(6)9-3/h77-81,86H,7-76H2,1-6H3,(H,91,92)(H,93,94)/t78?,79-,80+,81+/m0/s1. The van der Waals surface area contributed by atoms with Gasteiger partial charge in [0.15, 0.2) is 12.2 Å². The van der Waals surface area contributed by atoms with E-state index in [-0.39, 0.29) is 25.7 Å². The van der Waals surface area contributed by atoms with Crippen LogP contribution in [-0.2, 0) is 65.4 Å². The fourth-order valence-corrected chi connectivity index (χ4v) is 14.8. The van der Waals surface area contributed by atoms with Crippen LogP contribution in [0.25, 0.3) is 0 Å². The van der Waals surface area contributed by atoms with E-state index in [2.05, 4.69) is 41.5 Å². The number of hydrogen-bond donors (Lipinski definition) is 3. The van der Waals surface area contributed by atoms with E-state index >= 15 is 0 Å². The van der Waals surface area contributed by atoms with Crippen molar-refractivity contribution in [3.8, 4) is 0 Å². The first-order valence-electron chi connectivity index (χ1n) is 44.0. The second-order valence-electron chi connectivity index (χ2n) is 31.3. The van der Waals surface area contributed by atoms with Crippen LogP contribution in [0, 0.1) is 11.8 Å². The second kappa shape index (κ2) is 76.4. The fraction of sp³-hybridized carbons (Fsp3) is 0.953. The Labute approximate surface area is 638 Å². The number of aliphatic hydroxyl groups is 1. The summed E-state index contributed by atoms with van der Waals surface area (Å²) in [5.74, 6) is -0.426. The summed E-state index contributed by atoms with van der Waals surface area (Å²) in [5.41, 5.74) is 0. The molecule has 0 aromatic heterocycles. The van der Waals surface area contributed by atoms with E-state index in [1.807, 2.05) is 0 Å². The van der Waals surface area contributed by atoms with Gasteiger partial charge in [0.2, 0.25) is 0 Å². The van der Waals surface area contributed by atoms with Gasteiger partial charge in [-0.05, 0) is 37.5 Å². The number of esters is 4. The van der Waals surface area contributed by atoms with E-state index in [9.17, 15) is 43.2 Å². The number of rotatable bonds is 84. The van der Waals surface area contributed by atoms with Crippen molar-refractivity contribution < 1.29 is 80.2 Å². The molecule has 0 aromatic rings. The Balaban J connectivity index is 5.20. The first-order valence-corrected chi connectivity index (χ1v) is 47.0. The molecule has 0 saturated heterocycles. The second-order valence-corrected chi connectivity index (χ2v) is 34.2. The molecule has 0 aliphatic rings. The van der Waals surface area contributed by atoms with E-state index in [0.29, 0.717) is 25.7 Å². The lowest BCUT2D eigenvalue weighted by Crippen LogP contribution is -2.30. The van der Waals surface area contributed by atoms with Crippen LogP contribution >= 0.6 is 15.6 Å². The third-order valence-electron chi connectivity index (χ3n) is 20.3. The highest BCUT2D eigenvalue weighted by Gasteiger charge is 2.30. The average molecular weight is 1520 g/mol. The van der Waals surface area contributed by atoms with Gasteiger partial charge in [-0.2, -0.15) is 0 Å². The molecule has 104 heavy (non-hydrogen) atoms. The first kappa shape index (κ1) is 102. The molecule has 0 rings (SSSR count). The van der Waals surface area contributed by atoms with Gasteiger partial charge in [0.1, 0.15) is 19.3 Å². The molecule has 0 aliphatic carbocycles. The van der Waals surface area contributed by atoms with Crippen molar-refractivity contribution >= 4 is 39.5 Å². The first-order chi connectivity index (χ1) is 50.4. The third kappa shape index (κ3) is 76.8. The zero-order chi connectivity index (χ0) is 76.4. The molecule has 0 aliphatic heterocycles. The molecular formula is C85H166O17P2. The fourth-order valence-electron chi connectivity index (χ4n) is 13.2. The summed E-state index contributed by atoms with van der Waals surface area (Å²) in [6, 6.07) is 0. The van der Waals surface area contributed by atoms with Gasteiger partial charge in [0.25, 0.3) is 0 Å². The molecule has 0 heterocycles. The molecule has 618 valence electrons. The molecule has 0 radical (unpaired) electrons. The van der Waals surface area contributed by atoms with Crippen LogP contribution in [0.2, 0.25) is 0 Å². The quantitative estimate of drug-likeness (QED) is 0.0222. The molecule has 0 spiro atoms. The van der Waals surface area contributed by atoms with Crippen molar-refractivity contribution in [3.63, 3.8) is 0 Å². The monoisotopic (exact) mass is 1520 g/mol. The number of phosphoric ester groups is 2. The zero-order valence-electron chi connectivity index (χ0n) is 68.3. The van der Waals surface area contributed by atoms with Crippen LogP contribution < -0.4 is 0 Å². The summed E-state index contributed by atoms with van der Waals surface area (Å²) in [7, 11) is -9.92. The minimum absolute atomic E-state index is 0.108. The molecule has 0 amide bonds. The van der Waals surface area contributed by atoms with E-state index in [0.717, 1.165) is 102 Å². The number of aliphatic hydroxyl groups excluding tert-OH is 1. The maximum atomic E-state index is 13.1. The number of carbonyl (C=O) groups excluding carboxylic acids is 4. The molecule has 17 nitrogen and oxygen atoms in total. The summed E-state index contributed by atoms with van der Waals surface area (Å²) in [6.07, 6.45) is 68.0. The summed E-state index contributed by atoms with van der Waals surface area (Å²) < 4.78 is 68.8. The van der Waals surface area contributed by atoms with Crippen molar-refractivity contribution in [3.05, 3.63) is 0 Å². The van der Waals surface area contributed by atoms with Gasteiger partial charge in [-0.3, -0.25) is 37.3 Å². The Bertz CT molecular complexity index is 2000. The third-order valence-corrected chi connectivity index (χ3v) is 22.2. The molecule has 0 fully saturated rings. The van der Waals surface area contributed by atoms with E-state index in [4.69, 9.17) is 37.0 Å². The minimum Gasteiger partial charge on any atom is -0.462 e. The molecule has 6 atom stereocenters. The van der Waals surface area contributed by atoms with Crippen molar-refractivity contribution in [1.82, 2.24) is 0 Å². The highest BCUT2D eigenvalue weighted by atomic mass is 31.2. The van der Waals surface area contributed by atoms with Gasteiger partial charge < -0.3 is 33.8 Å². The van der Waals surface area contributed by atoms with E-state index in [1.54, 1.807) is 0 Å². The Morgan fingerprint density at radius 3 is 0.731 bits per heavy atom. The summed E-state index contributed by atoms with van der Waals surface area (Å²) >= 11 is 0. The number of ether oxygens (including phenoxy) is 4. The summed E-state index contributed by atoms with van der Waals surface area (Å²) in [5, 5.41) is 10.7. The molecule has 0 bridgehead atoms. The van der Waals surface area contributed by atoms with Crippen LogP contribution in [0.5, 0.6) is 0 Å². The zero-order valence-corrected chi connectivity index (χ0v) is 70.1. The predicted octanol–water partition coefficient (Wildman–Crippen LogP) is 25.8. The minimum atomic E-state index is -4.96. The average Bonchev–Trinajstić information content (AvgIpc) is 0.903. The Hall–Kier alpha value is -1.94. The molecule has 0 aromatic carbocycles. The molecule has 19 heteroatoms.